The van der Waals surface area contributed by atoms with E-state index in [-0.39, 0.29) is 18.0 Å². The van der Waals surface area contributed by atoms with E-state index in [1.54, 1.807) is 42.9 Å². The van der Waals surface area contributed by atoms with Gasteiger partial charge in [-0.1, -0.05) is 6.07 Å². The first-order chi connectivity index (χ1) is 13.0. The summed E-state index contributed by atoms with van der Waals surface area (Å²) in [4.78, 5) is 25.8. The van der Waals surface area contributed by atoms with Crippen molar-refractivity contribution in [3.05, 3.63) is 70.4 Å². The molecule has 0 aliphatic rings. The topological polar surface area (TPSA) is 82.2 Å². The SMILES string of the molecule is COc1cccc(-n2cc(CN(C)C(=O)Cn3nc(C)ccc3=O)cn2)c1. The maximum absolute atomic E-state index is 12.4. The molecule has 0 saturated carbocycles. The van der Waals surface area contributed by atoms with Crippen molar-refractivity contribution < 1.29 is 9.53 Å². The molecule has 0 fully saturated rings. The number of amides is 1. The standard InChI is InChI=1S/C19H21N5O3/c1-14-7-8-18(25)24(21-14)13-19(26)22(2)11-15-10-20-23(12-15)16-5-4-6-17(9-16)27-3/h4-10,12H,11,13H2,1-3H3. The maximum atomic E-state index is 12.4. The molecule has 0 unspecified atom stereocenters. The number of hydrogen-bond donors (Lipinski definition) is 0. The molecule has 0 spiro atoms. The van der Waals surface area contributed by atoms with Crippen LogP contribution < -0.4 is 10.3 Å². The zero-order chi connectivity index (χ0) is 19.4. The highest BCUT2D eigenvalue weighted by Gasteiger charge is 2.13. The lowest BCUT2D eigenvalue weighted by Crippen LogP contribution is -2.34. The van der Waals surface area contributed by atoms with Crippen molar-refractivity contribution in [1.29, 1.82) is 0 Å². The average molecular weight is 367 g/mol. The fraction of sp³-hybridized carbons (Fsp3) is 0.263. The number of likely N-dealkylation sites (N-methyl/N-ethyl adjacent to an activating group) is 1. The number of aryl methyl sites for hydroxylation is 1. The molecule has 0 aliphatic carbocycles. The van der Waals surface area contributed by atoms with E-state index in [9.17, 15) is 9.59 Å². The molecule has 2 aromatic heterocycles. The normalized spacial score (nSPS) is 10.6. The van der Waals surface area contributed by atoms with Gasteiger partial charge in [0.1, 0.15) is 12.3 Å². The molecule has 2 heterocycles. The second-order valence-corrected chi connectivity index (χ2v) is 6.22. The number of methoxy groups -OCH3 is 1. The minimum atomic E-state index is -0.298. The monoisotopic (exact) mass is 367 g/mol. The van der Waals surface area contributed by atoms with Crippen LogP contribution in [0.3, 0.4) is 0 Å². The molecule has 0 aliphatic heterocycles. The van der Waals surface area contributed by atoms with Crippen LogP contribution in [0.4, 0.5) is 0 Å². The van der Waals surface area contributed by atoms with Gasteiger partial charge in [0.15, 0.2) is 0 Å². The smallest absolute Gasteiger partial charge is 0.267 e. The number of carbonyl (C=O) groups is 1. The van der Waals surface area contributed by atoms with Gasteiger partial charge < -0.3 is 9.64 Å². The Morgan fingerprint density at radius 2 is 2.07 bits per heavy atom. The van der Waals surface area contributed by atoms with Gasteiger partial charge in [0, 0.05) is 37.5 Å². The van der Waals surface area contributed by atoms with Crippen LogP contribution in [-0.2, 0) is 17.9 Å². The first-order valence-electron chi connectivity index (χ1n) is 8.43. The van der Waals surface area contributed by atoms with Gasteiger partial charge in [-0.2, -0.15) is 10.2 Å². The van der Waals surface area contributed by atoms with Crippen molar-refractivity contribution in [3.63, 3.8) is 0 Å². The van der Waals surface area contributed by atoms with Crippen LogP contribution in [0.1, 0.15) is 11.3 Å². The molecule has 8 heteroatoms. The Labute approximate surface area is 156 Å². The zero-order valence-electron chi connectivity index (χ0n) is 15.5. The Morgan fingerprint density at radius 3 is 2.85 bits per heavy atom. The Kier molecular flexibility index (Phi) is 5.35. The second kappa shape index (κ2) is 7.86. The molecule has 3 aromatic rings. The maximum Gasteiger partial charge on any atom is 0.267 e. The molecule has 8 nitrogen and oxygen atoms in total. The van der Waals surface area contributed by atoms with E-state index in [2.05, 4.69) is 10.2 Å². The van der Waals surface area contributed by atoms with Crippen LogP contribution >= 0.6 is 0 Å². The van der Waals surface area contributed by atoms with Crippen molar-refractivity contribution >= 4 is 5.91 Å². The van der Waals surface area contributed by atoms with Gasteiger partial charge in [-0.05, 0) is 25.1 Å². The molecule has 1 aromatic carbocycles. The van der Waals surface area contributed by atoms with E-state index < -0.39 is 0 Å². The number of benzene rings is 1. The molecule has 0 radical (unpaired) electrons. The summed E-state index contributed by atoms with van der Waals surface area (Å²) < 4.78 is 8.13. The summed E-state index contributed by atoms with van der Waals surface area (Å²) >= 11 is 0. The predicted octanol–water partition coefficient (Wildman–Crippen LogP) is 1.40. The first-order valence-corrected chi connectivity index (χ1v) is 8.43. The highest BCUT2D eigenvalue weighted by atomic mass is 16.5. The molecular weight excluding hydrogens is 346 g/mol. The summed E-state index contributed by atoms with van der Waals surface area (Å²) in [7, 11) is 3.30. The highest BCUT2D eigenvalue weighted by Crippen LogP contribution is 2.16. The van der Waals surface area contributed by atoms with Gasteiger partial charge in [0.2, 0.25) is 5.91 Å². The Hall–Kier alpha value is -3.42. The minimum absolute atomic E-state index is 0.0962. The number of ether oxygens (including phenoxy) is 1. The lowest BCUT2D eigenvalue weighted by molar-refractivity contribution is -0.131. The van der Waals surface area contributed by atoms with Crippen molar-refractivity contribution in [1.82, 2.24) is 24.5 Å². The molecule has 3 rings (SSSR count). The number of aromatic nitrogens is 4. The van der Waals surface area contributed by atoms with Gasteiger partial charge in [0.25, 0.3) is 5.56 Å². The van der Waals surface area contributed by atoms with E-state index in [0.29, 0.717) is 12.2 Å². The Bertz CT molecular complexity index is 1010. The summed E-state index contributed by atoms with van der Waals surface area (Å²) in [5.41, 5.74) is 2.13. The van der Waals surface area contributed by atoms with Crippen LogP contribution in [0, 0.1) is 6.92 Å². The second-order valence-electron chi connectivity index (χ2n) is 6.22. The molecule has 0 saturated heterocycles. The summed E-state index contributed by atoms with van der Waals surface area (Å²) in [6, 6.07) is 10.6. The number of carbonyl (C=O) groups excluding carboxylic acids is 1. The third kappa shape index (κ3) is 4.41. The quantitative estimate of drug-likeness (QED) is 0.658. The summed E-state index contributed by atoms with van der Waals surface area (Å²) in [6.07, 6.45) is 3.57. The van der Waals surface area contributed by atoms with E-state index in [4.69, 9.17) is 4.74 Å². The molecule has 1 amide bonds. The van der Waals surface area contributed by atoms with Gasteiger partial charge in [-0.25, -0.2) is 9.36 Å². The largest absolute Gasteiger partial charge is 0.497 e. The Balaban J connectivity index is 1.68. The van der Waals surface area contributed by atoms with Crippen molar-refractivity contribution in [2.75, 3.05) is 14.2 Å². The molecule has 140 valence electrons. The number of hydrogen-bond acceptors (Lipinski definition) is 5. The Morgan fingerprint density at radius 1 is 1.26 bits per heavy atom. The fourth-order valence-electron chi connectivity index (χ4n) is 2.61. The molecule has 0 atom stereocenters. The van der Waals surface area contributed by atoms with Gasteiger partial charge in [-0.15, -0.1) is 0 Å². The molecule has 0 bridgehead atoms. The summed E-state index contributed by atoms with van der Waals surface area (Å²) in [5, 5.41) is 8.43. The van der Waals surface area contributed by atoms with Crippen LogP contribution in [0.25, 0.3) is 5.69 Å². The summed E-state index contributed by atoms with van der Waals surface area (Å²) in [5.74, 6) is 0.539. The number of nitrogens with zero attached hydrogens (tertiary/aromatic N) is 5. The summed E-state index contributed by atoms with van der Waals surface area (Å²) in [6.45, 7) is 2.06. The van der Waals surface area contributed by atoms with E-state index in [1.807, 2.05) is 30.5 Å². The molecule has 27 heavy (non-hydrogen) atoms. The molecule has 0 N–H and O–H groups in total. The van der Waals surface area contributed by atoms with Gasteiger partial charge in [0.05, 0.1) is 24.7 Å². The van der Waals surface area contributed by atoms with Crippen LogP contribution in [0.15, 0.2) is 53.6 Å². The van der Waals surface area contributed by atoms with Crippen molar-refractivity contribution in [2.24, 2.45) is 0 Å². The van der Waals surface area contributed by atoms with Crippen molar-refractivity contribution in [2.45, 2.75) is 20.0 Å². The zero-order valence-corrected chi connectivity index (χ0v) is 15.5. The average Bonchev–Trinajstić information content (AvgIpc) is 3.13. The minimum Gasteiger partial charge on any atom is -0.497 e. The van der Waals surface area contributed by atoms with Gasteiger partial charge >= 0.3 is 0 Å². The van der Waals surface area contributed by atoms with E-state index >= 15 is 0 Å². The fourth-order valence-corrected chi connectivity index (χ4v) is 2.61. The van der Waals surface area contributed by atoms with Gasteiger partial charge in [-0.3, -0.25) is 9.59 Å². The highest BCUT2D eigenvalue weighted by molar-refractivity contribution is 5.75. The first kappa shape index (κ1) is 18.4. The van der Waals surface area contributed by atoms with Crippen LogP contribution in [0.5, 0.6) is 5.75 Å². The molecular formula is C19H21N5O3. The number of rotatable bonds is 6. The van der Waals surface area contributed by atoms with E-state index in [0.717, 1.165) is 17.0 Å². The van der Waals surface area contributed by atoms with Crippen LogP contribution in [-0.4, -0.2) is 44.5 Å². The predicted molar refractivity (Wildman–Crippen MR) is 99.8 cm³/mol. The van der Waals surface area contributed by atoms with E-state index in [1.165, 1.54) is 10.7 Å². The lowest BCUT2D eigenvalue weighted by Gasteiger charge is -2.16. The third-order valence-corrected chi connectivity index (χ3v) is 4.08. The van der Waals surface area contributed by atoms with Crippen molar-refractivity contribution in [3.8, 4) is 11.4 Å². The lowest BCUT2D eigenvalue weighted by atomic mass is 10.3. The third-order valence-electron chi connectivity index (χ3n) is 4.08. The van der Waals surface area contributed by atoms with Crippen LogP contribution in [0.2, 0.25) is 0 Å².